The number of pyridine rings is 1. The van der Waals surface area contributed by atoms with E-state index in [4.69, 9.17) is 10.9 Å². The Hall–Kier alpha value is -2.38. The molecule has 0 amide bonds. The molecule has 3 rings (SSSR count). The van der Waals surface area contributed by atoms with Gasteiger partial charge in [0.05, 0.1) is 4.92 Å². The third-order valence-corrected chi connectivity index (χ3v) is 4.13. The van der Waals surface area contributed by atoms with Crippen LogP contribution in [-0.4, -0.2) is 33.5 Å². The SMILES string of the molecule is NC(=NO)c1cnc(N2CC3CCC2C3)c([N+](=O)[O-])c1. The summed E-state index contributed by atoms with van der Waals surface area (Å²) in [6.07, 6.45) is 4.74. The molecule has 106 valence electrons. The minimum atomic E-state index is -0.470. The van der Waals surface area contributed by atoms with Gasteiger partial charge in [-0.15, -0.1) is 0 Å². The van der Waals surface area contributed by atoms with Crippen LogP contribution in [0.5, 0.6) is 0 Å². The lowest BCUT2D eigenvalue weighted by atomic mass is 10.1. The standard InChI is InChI=1S/C12H15N5O3/c13-11(15-18)8-4-10(17(19)20)12(14-5-8)16-6-7-1-2-9(16)3-7/h4-5,7,9,18H,1-3,6H2,(H2,13,15). The highest BCUT2D eigenvalue weighted by Crippen LogP contribution is 2.42. The van der Waals surface area contributed by atoms with Gasteiger partial charge in [-0.3, -0.25) is 10.1 Å². The number of piperidine rings is 1. The maximum Gasteiger partial charge on any atom is 0.312 e. The van der Waals surface area contributed by atoms with Crippen molar-refractivity contribution in [2.75, 3.05) is 11.4 Å². The van der Waals surface area contributed by atoms with Crippen molar-refractivity contribution in [1.82, 2.24) is 4.98 Å². The molecule has 2 atom stereocenters. The molecule has 0 radical (unpaired) electrons. The maximum absolute atomic E-state index is 11.2. The van der Waals surface area contributed by atoms with Crippen molar-refractivity contribution in [1.29, 1.82) is 0 Å². The van der Waals surface area contributed by atoms with E-state index in [0.29, 0.717) is 17.8 Å². The van der Waals surface area contributed by atoms with Gasteiger partial charge in [0.2, 0.25) is 5.82 Å². The van der Waals surface area contributed by atoms with Crippen molar-refractivity contribution in [3.63, 3.8) is 0 Å². The zero-order chi connectivity index (χ0) is 14.3. The van der Waals surface area contributed by atoms with Gasteiger partial charge in [-0.25, -0.2) is 4.98 Å². The quantitative estimate of drug-likeness (QED) is 0.280. The van der Waals surface area contributed by atoms with E-state index in [-0.39, 0.29) is 17.1 Å². The Morgan fingerprint density at radius 2 is 2.40 bits per heavy atom. The molecule has 1 aliphatic heterocycles. The molecule has 1 aromatic heterocycles. The summed E-state index contributed by atoms with van der Waals surface area (Å²) < 4.78 is 0. The summed E-state index contributed by atoms with van der Waals surface area (Å²) in [7, 11) is 0. The Balaban J connectivity index is 2.00. The fraction of sp³-hybridized carbons (Fsp3) is 0.500. The molecule has 2 unspecified atom stereocenters. The van der Waals surface area contributed by atoms with Crippen molar-refractivity contribution in [3.8, 4) is 0 Å². The molecule has 2 bridgehead atoms. The van der Waals surface area contributed by atoms with E-state index in [1.54, 1.807) is 0 Å². The summed E-state index contributed by atoms with van der Waals surface area (Å²) in [5, 5.41) is 22.7. The summed E-state index contributed by atoms with van der Waals surface area (Å²) in [5.74, 6) is 0.817. The van der Waals surface area contributed by atoms with E-state index in [1.165, 1.54) is 18.7 Å². The summed E-state index contributed by atoms with van der Waals surface area (Å²) in [4.78, 5) is 17.0. The molecule has 1 aliphatic carbocycles. The van der Waals surface area contributed by atoms with E-state index in [1.807, 2.05) is 4.90 Å². The van der Waals surface area contributed by atoms with Crippen LogP contribution in [0.4, 0.5) is 11.5 Å². The van der Waals surface area contributed by atoms with Crippen LogP contribution in [-0.2, 0) is 0 Å². The van der Waals surface area contributed by atoms with Crippen LogP contribution in [0.3, 0.4) is 0 Å². The first kappa shape index (κ1) is 12.6. The number of nitrogens with two attached hydrogens (primary N) is 1. The van der Waals surface area contributed by atoms with Gasteiger partial charge in [0, 0.05) is 30.4 Å². The van der Waals surface area contributed by atoms with Gasteiger partial charge in [-0.1, -0.05) is 5.16 Å². The van der Waals surface area contributed by atoms with E-state index in [0.717, 1.165) is 19.4 Å². The summed E-state index contributed by atoms with van der Waals surface area (Å²) >= 11 is 0. The van der Waals surface area contributed by atoms with Crippen molar-refractivity contribution in [2.24, 2.45) is 16.8 Å². The fourth-order valence-electron chi connectivity index (χ4n) is 3.18. The van der Waals surface area contributed by atoms with Gasteiger partial charge in [0.1, 0.15) is 0 Å². The zero-order valence-electron chi connectivity index (χ0n) is 10.8. The second kappa shape index (κ2) is 4.62. The van der Waals surface area contributed by atoms with Crippen LogP contribution in [0.1, 0.15) is 24.8 Å². The molecular weight excluding hydrogens is 262 g/mol. The smallest absolute Gasteiger partial charge is 0.312 e. The minimum absolute atomic E-state index is 0.0957. The monoisotopic (exact) mass is 277 g/mol. The number of amidine groups is 1. The number of anilines is 1. The second-order valence-electron chi connectivity index (χ2n) is 5.29. The summed E-state index contributed by atoms with van der Waals surface area (Å²) in [5.41, 5.74) is 5.60. The first-order chi connectivity index (χ1) is 9.60. The molecule has 8 heteroatoms. The molecule has 1 aromatic rings. The highest BCUT2D eigenvalue weighted by atomic mass is 16.6. The Labute approximate surface area is 115 Å². The molecule has 2 heterocycles. The van der Waals surface area contributed by atoms with E-state index < -0.39 is 4.92 Å². The van der Waals surface area contributed by atoms with Crippen molar-refractivity contribution in [3.05, 3.63) is 27.9 Å². The normalized spacial score (nSPS) is 25.2. The first-order valence-corrected chi connectivity index (χ1v) is 6.49. The largest absolute Gasteiger partial charge is 0.409 e. The van der Waals surface area contributed by atoms with Crippen LogP contribution in [0.2, 0.25) is 0 Å². The second-order valence-corrected chi connectivity index (χ2v) is 5.29. The maximum atomic E-state index is 11.2. The predicted octanol–water partition coefficient (Wildman–Crippen LogP) is 1.07. The Bertz CT molecular complexity index is 588. The lowest BCUT2D eigenvalue weighted by Gasteiger charge is -2.27. The van der Waals surface area contributed by atoms with Gasteiger partial charge >= 0.3 is 5.69 Å². The fourth-order valence-corrected chi connectivity index (χ4v) is 3.18. The van der Waals surface area contributed by atoms with Crippen molar-refractivity contribution in [2.45, 2.75) is 25.3 Å². The molecule has 0 aromatic carbocycles. The predicted molar refractivity (Wildman–Crippen MR) is 71.9 cm³/mol. The van der Waals surface area contributed by atoms with Crippen LogP contribution < -0.4 is 10.6 Å². The third-order valence-electron chi connectivity index (χ3n) is 4.13. The van der Waals surface area contributed by atoms with Gasteiger partial charge in [-0.05, 0) is 25.2 Å². The lowest BCUT2D eigenvalue weighted by Crippen LogP contribution is -2.33. The number of oxime groups is 1. The number of nitro groups is 1. The first-order valence-electron chi connectivity index (χ1n) is 6.49. The molecule has 1 saturated carbocycles. The summed E-state index contributed by atoms with van der Waals surface area (Å²) in [6, 6.07) is 1.66. The van der Waals surface area contributed by atoms with Crippen molar-refractivity contribution >= 4 is 17.3 Å². The molecule has 8 nitrogen and oxygen atoms in total. The van der Waals surface area contributed by atoms with Gasteiger partial charge < -0.3 is 15.8 Å². The van der Waals surface area contributed by atoms with Gasteiger partial charge in [-0.2, -0.15) is 0 Å². The van der Waals surface area contributed by atoms with Gasteiger partial charge in [0.15, 0.2) is 5.84 Å². The van der Waals surface area contributed by atoms with Crippen LogP contribution >= 0.6 is 0 Å². The number of nitrogens with zero attached hydrogens (tertiary/aromatic N) is 4. The number of fused-ring (bicyclic) bond motifs is 2. The van der Waals surface area contributed by atoms with E-state index in [2.05, 4.69) is 10.1 Å². The molecule has 20 heavy (non-hydrogen) atoms. The highest BCUT2D eigenvalue weighted by Gasteiger charge is 2.40. The van der Waals surface area contributed by atoms with Crippen LogP contribution in [0.15, 0.2) is 17.4 Å². The Morgan fingerprint density at radius 3 is 2.95 bits per heavy atom. The molecular formula is C12H15N5O3. The average molecular weight is 277 g/mol. The highest BCUT2D eigenvalue weighted by molar-refractivity contribution is 5.97. The molecule has 2 fully saturated rings. The van der Waals surface area contributed by atoms with Crippen LogP contribution in [0.25, 0.3) is 0 Å². The third kappa shape index (κ3) is 1.93. The molecule has 3 N–H and O–H groups in total. The topological polar surface area (TPSA) is 118 Å². The minimum Gasteiger partial charge on any atom is -0.409 e. The van der Waals surface area contributed by atoms with Crippen LogP contribution in [0, 0.1) is 16.0 Å². The number of hydrogen-bond donors (Lipinski definition) is 2. The van der Waals surface area contributed by atoms with E-state index >= 15 is 0 Å². The lowest BCUT2D eigenvalue weighted by molar-refractivity contribution is -0.384. The number of aromatic nitrogens is 1. The molecule has 0 spiro atoms. The average Bonchev–Trinajstić information content (AvgIpc) is 3.08. The Morgan fingerprint density at radius 1 is 1.60 bits per heavy atom. The number of rotatable bonds is 3. The van der Waals surface area contributed by atoms with Crippen molar-refractivity contribution < 1.29 is 10.1 Å². The van der Waals surface area contributed by atoms with E-state index in [9.17, 15) is 10.1 Å². The Kier molecular flexibility index (Phi) is 2.92. The van der Waals surface area contributed by atoms with Gasteiger partial charge in [0.25, 0.3) is 0 Å². The summed E-state index contributed by atoms with van der Waals surface area (Å²) in [6.45, 7) is 0.821. The zero-order valence-corrected chi connectivity index (χ0v) is 10.8. The molecule has 1 saturated heterocycles. The number of hydrogen-bond acceptors (Lipinski definition) is 6. The molecule has 2 aliphatic rings.